The molecule has 1 aliphatic heterocycles. The van der Waals surface area contributed by atoms with Crippen molar-refractivity contribution in [2.24, 2.45) is 0 Å². The molecule has 2 aromatic carbocycles. The second-order valence-corrected chi connectivity index (χ2v) is 8.59. The predicted molar refractivity (Wildman–Crippen MR) is 119 cm³/mol. The third-order valence-electron chi connectivity index (χ3n) is 4.99. The van der Waals surface area contributed by atoms with Crippen LogP contribution in [0.4, 0.5) is 10.5 Å². The monoisotopic (exact) mass is 409 g/mol. The van der Waals surface area contributed by atoms with Gasteiger partial charge >= 0.3 is 6.09 Å². The highest BCUT2D eigenvalue weighted by Crippen LogP contribution is 2.24. The molecule has 6 nitrogen and oxygen atoms in total. The number of anilines is 1. The van der Waals surface area contributed by atoms with Crippen LogP contribution in [0.15, 0.2) is 54.6 Å². The topological polar surface area (TPSA) is 70.7 Å². The van der Waals surface area contributed by atoms with E-state index < -0.39 is 11.7 Å². The van der Waals surface area contributed by atoms with Gasteiger partial charge in [-0.25, -0.2) is 4.79 Å². The van der Waals surface area contributed by atoms with Crippen LogP contribution in [0.5, 0.6) is 0 Å². The summed E-state index contributed by atoms with van der Waals surface area (Å²) in [5.41, 5.74) is 1.65. The smallest absolute Gasteiger partial charge is 0.412 e. The molecule has 1 atom stereocenters. The van der Waals surface area contributed by atoms with Crippen molar-refractivity contribution >= 4 is 17.7 Å². The fourth-order valence-electron chi connectivity index (χ4n) is 3.64. The summed E-state index contributed by atoms with van der Waals surface area (Å²) in [5, 5.41) is 5.75. The number of carbonyl (C=O) groups is 2. The quantitative estimate of drug-likeness (QED) is 0.731. The Morgan fingerprint density at radius 1 is 1.03 bits per heavy atom. The van der Waals surface area contributed by atoms with Gasteiger partial charge in [-0.1, -0.05) is 36.4 Å². The number of likely N-dealkylation sites (tertiary alicyclic amines) is 1. The summed E-state index contributed by atoms with van der Waals surface area (Å²) in [6.07, 6.45) is 1.84. The fourth-order valence-corrected chi connectivity index (χ4v) is 3.64. The van der Waals surface area contributed by atoms with Gasteiger partial charge < -0.3 is 10.1 Å². The maximum Gasteiger partial charge on any atom is 0.412 e. The van der Waals surface area contributed by atoms with E-state index in [1.54, 1.807) is 45.0 Å². The molecule has 0 radical (unpaired) electrons. The van der Waals surface area contributed by atoms with E-state index in [4.69, 9.17) is 4.74 Å². The van der Waals surface area contributed by atoms with Gasteiger partial charge in [0.1, 0.15) is 5.60 Å². The normalized spacial score (nSPS) is 15.4. The lowest BCUT2D eigenvalue weighted by Crippen LogP contribution is -2.36. The van der Waals surface area contributed by atoms with Gasteiger partial charge in [-0.3, -0.25) is 15.0 Å². The van der Waals surface area contributed by atoms with Crippen LogP contribution < -0.4 is 10.6 Å². The standard InChI is InChI=1S/C24H31N3O3/c1-24(2,3)30-23(29)26-20-13-9-12-19(16-20)22(28)25-17-21(27-14-7-8-15-27)18-10-5-4-6-11-18/h4-6,9-13,16,21H,7-8,14-15,17H2,1-3H3,(H,25,28)(H,26,29)/t21-/m0/s1. The van der Waals surface area contributed by atoms with Crippen LogP contribution in [0.25, 0.3) is 0 Å². The van der Waals surface area contributed by atoms with Crippen molar-refractivity contribution in [1.82, 2.24) is 10.2 Å². The molecular formula is C24H31N3O3. The zero-order chi connectivity index (χ0) is 21.6. The second kappa shape index (κ2) is 9.76. The molecule has 1 fully saturated rings. The molecule has 0 unspecified atom stereocenters. The van der Waals surface area contributed by atoms with Gasteiger partial charge in [0.2, 0.25) is 0 Å². The largest absolute Gasteiger partial charge is 0.444 e. The van der Waals surface area contributed by atoms with Crippen LogP contribution in [0.3, 0.4) is 0 Å². The van der Waals surface area contributed by atoms with E-state index in [0.29, 0.717) is 17.8 Å². The molecule has 2 N–H and O–H groups in total. The van der Waals surface area contributed by atoms with Crippen LogP contribution in [0.1, 0.15) is 55.6 Å². The molecule has 3 rings (SSSR count). The Morgan fingerprint density at radius 3 is 2.40 bits per heavy atom. The van der Waals surface area contributed by atoms with Crippen molar-refractivity contribution < 1.29 is 14.3 Å². The molecule has 0 bridgehead atoms. The van der Waals surface area contributed by atoms with Crippen LogP contribution in [0.2, 0.25) is 0 Å². The summed E-state index contributed by atoms with van der Waals surface area (Å²) in [4.78, 5) is 27.2. The van der Waals surface area contributed by atoms with Crippen molar-refractivity contribution in [2.75, 3.05) is 25.0 Å². The number of amides is 2. The van der Waals surface area contributed by atoms with Crippen LogP contribution >= 0.6 is 0 Å². The second-order valence-electron chi connectivity index (χ2n) is 8.59. The van der Waals surface area contributed by atoms with E-state index in [-0.39, 0.29) is 11.9 Å². The van der Waals surface area contributed by atoms with E-state index in [2.05, 4.69) is 27.7 Å². The first-order valence-corrected chi connectivity index (χ1v) is 10.5. The molecule has 2 amide bonds. The lowest BCUT2D eigenvalue weighted by molar-refractivity contribution is 0.0635. The number of nitrogens with one attached hydrogen (secondary N) is 2. The number of carbonyl (C=O) groups excluding carboxylic acids is 2. The minimum Gasteiger partial charge on any atom is -0.444 e. The van der Waals surface area contributed by atoms with E-state index in [9.17, 15) is 9.59 Å². The van der Waals surface area contributed by atoms with Crippen molar-refractivity contribution in [1.29, 1.82) is 0 Å². The molecule has 1 saturated heterocycles. The SMILES string of the molecule is CC(C)(C)OC(=O)Nc1cccc(C(=O)NC[C@@H](c2ccccc2)N2CCCC2)c1. The zero-order valence-corrected chi connectivity index (χ0v) is 18.0. The lowest BCUT2D eigenvalue weighted by Gasteiger charge is -2.28. The minimum absolute atomic E-state index is 0.153. The fraction of sp³-hybridized carbons (Fsp3) is 0.417. The van der Waals surface area contributed by atoms with Gasteiger partial charge in [0.15, 0.2) is 0 Å². The Bertz CT molecular complexity index is 855. The number of benzene rings is 2. The first kappa shape index (κ1) is 21.8. The number of hydrogen-bond donors (Lipinski definition) is 2. The highest BCUT2D eigenvalue weighted by molar-refractivity contribution is 5.96. The first-order chi connectivity index (χ1) is 14.3. The Morgan fingerprint density at radius 2 is 1.73 bits per heavy atom. The molecule has 30 heavy (non-hydrogen) atoms. The van der Waals surface area contributed by atoms with Gasteiger partial charge in [-0.05, 0) is 70.5 Å². The van der Waals surface area contributed by atoms with Crippen molar-refractivity contribution in [3.8, 4) is 0 Å². The molecule has 1 heterocycles. The van der Waals surface area contributed by atoms with Gasteiger partial charge in [-0.2, -0.15) is 0 Å². The van der Waals surface area contributed by atoms with Crippen molar-refractivity contribution in [2.45, 2.75) is 45.3 Å². The van der Waals surface area contributed by atoms with Gasteiger partial charge in [0.25, 0.3) is 5.91 Å². The number of nitrogens with zero attached hydrogens (tertiary/aromatic N) is 1. The predicted octanol–water partition coefficient (Wildman–Crippen LogP) is 4.60. The summed E-state index contributed by atoms with van der Waals surface area (Å²) in [5.74, 6) is -0.164. The third-order valence-corrected chi connectivity index (χ3v) is 4.99. The van der Waals surface area contributed by atoms with Crippen molar-refractivity contribution in [3.05, 3.63) is 65.7 Å². The molecule has 1 aliphatic rings. The maximum absolute atomic E-state index is 12.8. The highest BCUT2D eigenvalue weighted by Gasteiger charge is 2.24. The molecule has 0 spiro atoms. The lowest BCUT2D eigenvalue weighted by atomic mass is 10.1. The molecule has 160 valence electrons. The summed E-state index contributed by atoms with van der Waals surface area (Å²) in [6.45, 7) is 8.04. The minimum atomic E-state index is -0.582. The van der Waals surface area contributed by atoms with Crippen LogP contribution in [-0.2, 0) is 4.74 Å². The summed E-state index contributed by atoms with van der Waals surface area (Å²) < 4.78 is 5.27. The number of hydrogen-bond acceptors (Lipinski definition) is 4. The maximum atomic E-state index is 12.8. The molecule has 6 heteroatoms. The van der Waals surface area contributed by atoms with Crippen LogP contribution in [-0.4, -0.2) is 42.1 Å². The first-order valence-electron chi connectivity index (χ1n) is 10.5. The molecule has 0 aliphatic carbocycles. The Hall–Kier alpha value is -2.86. The Labute approximate surface area is 178 Å². The number of rotatable bonds is 6. The number of ether oxygens (including phenoxy) is 1. The highest BCUT2D eigenvalue weighted by atomic mass is 16.6. The van der Waals surface area contributed by atoms with Gasteiger partial charge in [-0.15, -0.1) is 0 Å². The van der Waals surface area contributed by atoms with Crippen molar-refractivity contribution in [3.63, 3.8) is 0 Å². The molecule has 0 aromatic heterocycles. The summed E-state index contributed by atoms with van der Waals surface area (Å²) >= 11 is 0. The van der Waals surface area contributed by atoms with E-state index in [0.717, 1.165) is 13.1 Å². The average molecular weight is 410 g/mol. The van der Waals surface area contributed by atoms with Crippen LogP contribution in [0, 0.1) is 0 Å². The Kier molecular flexibility index (Phi) is 7.11. The molecule has 0 saturated carbocycles. The zero-order valence-electron chi connectivity index (χ0n) is 18.0. The Balaban J connectivity index is 1.64. The van der Waals surface area contributed by atoms with E-state index >= 15 is 0 Å². The van der Waals surface area contributed by atoms with E-state index in [1.807, 2.05) is 18.2 Å². The molecular weight excluding hydrogens is 378 g/mol. The van der Waals surface area contributed by atoms with E-state index in [1.165, 1.54) is 18.4 Å². The summed E-state index contributed by atoms with van der Waals surface area (Å²) in [6, 6.07) is 17.3. The van der Waals surface area contributed by atoms with Gasteiger partial charge in [0.05, 0.1) is 6.04 Å². The summed E-state index contributed by atoms with van der Waals surface area (Å²) in [7, 11) is 0. The average Bonchev–Trinajstić information content (AvgIpc) is 3.22. The van der Waals surface area contributed by atoms with Gasteiger partial charge in [0, 0.05) is 17.8 Å². The molecule has 2 aromatic rings. The third kappa shape index (κ3) is 6.32.